The number of hydrogen-bond donors (Lipinski definition) is 1. The molecule has 1 unspecified atom stereocenters. The van der Waals surface area contributed by atoms with Crippen LogP contribution in [0.3, 0.4) is 0 Å². The van der Waals surface area contributed by atoms with Crippen LogP contribution in [0.5, 0.6) is 0 Å². The molecule has 4 aromatic rings. The molecule has 0 fully saturated rings. The SMILES string of the molecule is CCSC(C(=O)O)c1ccc(-c2ccc(C(F)(F)F)cc2)c(-c2ccc3cc(C(F)(F)F)cn3c2)c1. The molecule has 1 atom stereocenters. The van der Waals surface area contributed by atoms with E-state index < -0.39 is 34.7 Å². The van der Waals surface area contributed by atoms with Crippen LogP contribution in [0.2, 0.25) is 0 Å². The Morgan fingerprint density at radius 2 is 1.47 bits per heavy atom. The second-order valence-electron chi connectivity index (χ2n) is 8.03. The van der Waals surface area contributed by atoms with E-state index in [0.717, 1.165) is 24.4 Å². The molecule has 0 radical (unpaired) electrons. The number of pyridine rings is 1. The van der Waals surface area contributed by atoms with Crippen LogP contribution in [0.1, 0.15) is 28.9 Å². The number of carboxylic acids is 1. The van der Waals surface area contributed by atoms with Crippen molar-refractivity contribution in [2.75, 3.05) is 5.75 Å². The number of hydrogen-bond acceptors (Lipinski definition) is 2. The minimum Gasteiger partial charge on any atom is -0.480 e. The van der Waals surface area contributed by atoms with Gasteiger partial charge in [-0.05, 0) is 63.9 Å². The first-order valence-corrected chi connectivity index (χ1v) is 11.8. The lowest BCUT2D eigenvalue weighted by atomic mass is 9.92. The molecular weight excluding hydrogens is 504 g/mol. The Morgan fingerprint density at radius 3 is 2.06 bits per heavy atom. The molecule has 0 aliphatic carbocycles. The Labute approximate surface area is 206 Å². The molecule has 2 aromatic carbocycles. The van der Waals surface area contributed by atoms with Gasteiger partial charge in [-0.25, -0.2) is 0 Å². The van der Waals surface area contributed by atoms with E-state index in [4.69, 9.17) is 0 Å². The highest BCUT2D eigenvalue weighted by atomic mass is 32.2. The average molecular weight is 523 g/mol. The van der Waals surface area contributed by atoms with Crippen molar-refractivity contribution in [3.05, 3.63) is 89.7 Å². The van der Waals surface area contributed by atoms with Crippen molar-refractivity contribution in [1.29, 1.82) is 0 Å². The van der Waals surface area contributed by atoms with Gasteiger partial charge in [0.05, 0.1) is 11.1 Å². The monoisotopic (exact) mass is 523 g/mol. The molecule has 2 heterocycles. The first kappa shape index (κ1) is 25.7. The summed E-state index contributed by atoms with van der Waals surface area (Å²) >= 11 is 1.20. The van der Waals surface area contributed by atoms with Crippen LogP contribution >= 0.6 is 11.8 Å². The lowest BCUT2D eigenvalue weighted by Gasteiger charge is -2.17. The lowest BCUT2D eigenvalue weighted by molar-refractivity contribution is -0.138. The molecule has 4 rings (SSSR count). The number of aliphatic carboxylic acids is 1. The largest absolute Gasteiger partial charge is 0.480 e. The van der Waals surface area contributed by atoms with E-state index in [1.165, 1.54) is 40.6 Å². The fraction of sp³-hybridized carbons (Fsp3) is 0.192. The zero-order chi connectivity index (χ0) is 26.3. The van der Waals surface area contributed by atoms with Crippen LogP contribution in [0, 0.1) is 0 Å². The molecule has 0 amide bonds. The Hall–Kier alpha value is -3.40. The standard InChI is InChI=1S/C26H19F6NO2S/c1-2-36-23(24(34)35)16-6-10-21(15-3-7-18(8-4-15)25(27,28)29)22(11-16)17-5-9-20-12-19(26(30,31)32)14-33(20)13-17/h3-14,23H,2H2,1H3,(H,34,35). The molecule has 188 valence electrons. The van der Waals surface area contributed by atoms with Gasteiger partial charge < -0.3 is 9.51 Å². The average Bonchev–Trinajstić information content (AvgIpc) is 3.26. The van der Waals surface area contributed by atoms with Gasteiger partial charge in [-0.2, -0.15) is 26.3 Å². The normalized spacial score (nSPS) is 13.2. The van der Waals surface area contributed by atoms with Gasteiger partial charge in [0.15, 0.2) is 0 Å². The van der Waals surface area contributed by atoms with Gasteiger partial charge in [-0.1, -0.05) is 37.3 Å². The second-order valence-corrected chi connectivity index (χ2v) is 9.41. The number of halogens is 6. The summed E-state index contributed by atoms with van der Waals surface area (Å²) in [4.78, 5) is 11.9. The Morgan fingerprint density at radius 1 is 0.833 bits per heavy atom. The fourth-order valence-corrected chi connectivity index (χ4v) is 4.77. The van der Waals surface area contributed by atoms with E-state index in [9.17, 15) is 36.2 Å². The van der Waals surface area contributed by atoms with Crippen LogP contribution in [-0.4, -0.2) is 21.2 Å². The maximum Gasteiger partial charge on any atom is 0.417 e. The summed E-state index contributed by atoms with van der Waals surface area (Å²) in [5.41, 5.74) is 1.06. The summed E-state index contributed by atoms with van der Waals surface area (Å²) in [6.45, 7) is 1.82. The summed E-state index contributed by atoms with van der Waals surface area (Å²) in [6.07, 6.45) is -6.59. The highest BCUT2D eigenvalue weighted by Crippen LogP contribution is 2.39. The highest BCUT2D eigenvalue weighted by molar-refractivity contribution is 8.00. The number of thioether (sulfide) groups is 1. The lowest BCUT2D eigenvalue weighted by Crippen LogP contribution is -2.08. The van der Waals surface area contributed by atoms with Crippen LogP contribution in [-0.2, 0) is 17.1 Å². The van der Waals surface area contributed by atoms with Crippen LogP contribution < -0.4 is 0 Å². The third-order valence-electron chi connectivity index (χ3n) is 5.66. The van der Waals surface area contributed by atoms with Gasteiger partial charge >= 0.3 is 18.3 Å². The minimum absolute atomic E-state index is 0.309. The molecule has 1 N–H and O–H groups in total. The quantitative estimate of drug-likeness (QED) is 0.259. The Bertz CT molecular complexity index is 1410. The van der Waals surface area contributed by atoms with Crippen molar-refractivity contribution >= 4 is 23.2 Å². The van der Waals surface area contributed by atoms with Gasteiger partial charge in [-0.15, -0.1) is 11.8 Å². The molecular formula is C26H19F6NO2S. The maximum atomic E-state index is 13.2. The van der Waals surface area contributed by atoms with Crippen molar-refractivity contribution in [3.63, 3.8) is 0 Å². The number of carboxylic acid groups (broad SMARTS) is 1. The molecule has 0 aliphatic heterocycles. The van der Waals surface area contributed by atoms with Crippen molar-refractivity contribution in [3.8, 4) is 22.3 Å². The highest BCUT2D eigenvalue weighted by Gasteiger charge is 2.32. The van der Waals surface area contributed by atoms with Gasteiger partial charge in [0.1, 0.15) is 5.25 Å². The van der Waals surface area contributed by atoms with E-state index >= 15 is 0 Å². The number of benzene rings is 2. The first-order chi connectivity index (χ1) is 16.9. The molecule has 0 saturated heterocycles. The Kier molecular flexibility index (Phi) is 6.83. The minimum atomic E-state index is -4.52. The topological polar surface area (TPSA) is 41.7 Å². The molecule has 0 saturated carbocycles. The fourth-order valence-electron chi connectivity index (χ4n) is 3.95. The van der Waals surface area contributed by atoms with Crippen molar-refractivity contribution in [2.45, 2.75) is 24.5 Å². The van der Waals surface area contributed by atoms with E-state index in [-0.39, 0.29) is 0 Å². The molecule has 0 bridgehead atoms. The molecule has 10 heteroatoms. The van der Waals surface area contributed by atoms with Crippen LogP contribution in [0.25, 0.3) is 27.8 Å². The third kappa shape index (κ3) is 5.23. The van der Waals surface area contributed by atoms with E-state index in [1.54, 1.807) is 24.3 Å². The zero-order valence-electron chi connectivity index (χ0n) is 18.7. The Balaban J connectivity index is 1.89. The molecule has 2 aromatic heterocycles. The van der Waals surface area contributed by atoms with Crippen LogP contribution in [0.4, 0.5) is 26.3 Å². The number of nitrogens with zero attached hydrogens (tertiary/aromatic N) is 1. The summed E-state index contributed by atoms with van der Waals surface area (Å²) in [7, 11) is 0. The number of carbonyl (C=O) groups is 1. The smallest absolute Gasteiger partial charge is 0.417 e. The number of aromatic nitrogens is 1. The first-order valence-electron chi connectivity index (χ1n) is 10.7. The van der Waals surface area contributed by atoms with Gasteiger partial charge in [0.2, 0.25) is 0 Å². The van der Waals surface area contributed by atoms with Crippen LogP contribution in [0.15, 0.2) is 73.1 Å². The summed E-state index contributed by atoms with van der Waals surface area (Å²) < 4.78 is 80.0. The second kappa shape index (κ2) is 9.57. The molecule has 0 aliphatic rings. The third-order valence-corrected chi connectivity index (χ3v) is 6.80. The predicted molar refractivity (Wildman–Crippen MR) is 127 cm³/mol. The van der Waals surface area contributed by atoms with Gasteiger partial charge in [0, 0.05) is 17.9 Å². The van der Waals surface area contributed by atoms with Gasteiger partial charge in [0.25, 0.3) is 0 Å². The van der Waals surface area contributed by atoms with Crippen molar-refractivity contribution in [1.82, 2.24) is 4.40 Å². The van der Waals surface area contributed by atoms with E-state index in [2.05, 4.69) is 0 Å². The number of rotatable bonds is 6. The van der Waals surface area contributed by atoms with E-state index in [1.807, 2.05) is 6.92 Å². The zero-order valence-corrected chi connectivity index (χ0v) is 19.5. The van der Waals surface area contributed by atoms with Crippen molar-refractivity contribution in [2.24, 2.45) is 0 Å². The van der Waals surface area contributed by atoms with Crippen molar-refractivity contribution < 1.29 is 36.2 Å². The molecule has 36 heavy (non-hydrogen) atoms. The summed E-state index contributed by atoms with van der Waals surface area (Å²) in [5, 5.41) is 8.81. The number of fused-ring (bicyclic) bond motifs is 1. The maximum absolute atomic E-state index is 13.2. The predicted octanol–water partition coefficient (Wildman–Crippen LogP) is 8.19. The summed E-state index contributed by atoms with van der Waals surface area (Å²) in [6, 6.07) is 13.5. The number of alkyl halides is 6. The van der Waals surface area contributed by atoms with Gasteiger partial charge in [-0.3, -0.25) is 4.79 Å². The van der Waals surface area contributed by atoms with E-state index in [0.29, 0.717) is 39.1 Å². The molecule has 3 nitrogen and oxygen atoms in total. The summed E-state index contributed by atoms with van der Waals surface area (Å²) in [5.74, 6) is -0.520. The molecule has 0 spiro atoms.